The second-order valence-corrected chi connectivity index (χ2v) is 6.24. The Kier molecular flexibility index (Phi) is 3.62. The normalized spacial score (nSPS) is 11.1. The molecule has 0 spiro atoms. The molecule has 0 aliphatic heterocycles. The van der Waals surface area contributed by atoms with Gasteiger partial charge >= 0.3 is 0 Å². The molecule has 3 rings (SSSR count). The second-order valence-electron chi connectivity index (χ2n) is 4.27. The summed E-state index contributed by atoms with van der Waals surface area (Å²) in [5.41, 5.74) is 6.71. The standard InChI is InChI=1S/C13H12BrN5S/c1-19-13-10(6-16-19)12(15)17-11(18-13)7-20-9-4-2-8(14)3-5-9/h2-6H,7H2,1H3,(H2,15,17,18). The minimum absolute atomic E-state index is 0.481. The van der Waals surface area contributed by atoms with Gasteiger partial charge in [-0.1, -0.05) is 15.9 Å². The number of anilines is 1. The van der Waals surface area contributed by atoms with Crippen molar-refractivity contribution in [1.29, 1.82) is 0 Å². The highest BCUT2D eigenvalue weighted by molar-refractivity contribution is 9.10. The fourth-order valence-corrected chi connectivity index (χ4v) is 2.85. The van der Waals surface area contributed by atoms with E-state index in [1.165, 1.54) is 4.90 Å². The first-order valence-corrected chi connectivity index (χ1v) is 7.74. The van der Waals surface area contributed by atoms with Crippen LogP contribution in [0.15, 0.2) is 39.8 Å². The summed E-state index contributed by atoms with van der Waals surface area (Å²) in [5, 5.41) is 4.94. The topological polar surface area (TPSA) is 69.6 Å². The zero-order chi connectivity index (χ0) is 14.1. The van der Waals surface area contributed by atoms with E-state index in [4.69, 9.17) is 5.73 Å². The summed E-state index contributed by atoms with van der Waals surface area (Å²) in [4.78, 5) is 10.0. The van der Waals surface area contributed by atoms with Crippen LogP contribution in [0.2, 0.25) is 0 Å². The van der Waals surface area contributed by atoms with Gasteiger partial charge in [0.25, 0.3) is 0 Å². The fourth-order valence-electron chi connectivity index (χ4n) is 1.83. The van der Waals surface area contributed by atoms with E-state index in [-0.39, 0.29) is 0 Å². The number of aromatic nitrogens is 4. The van der Waals surface area contributed by atoms with E-state index in [1.807, 2.05) is 19.2 Å². The number of benzene rings is 1. The van der Waals surface area contributed by atoms with Crippen LogP contribution in [0.1, 0.15) is 5.82 Å². The van der Waals surface area contributed by atoms with E-state index in [1.54, 1.807) is 22.6 Å². The van der Waals surface area contributed by atoms with Gasteiger partial charge in [0.05, 0.1) is 17.3 Å². The summed E-state index contributed by atoms with van der Waals surface area (Å²) >= 11 is 5.10. The van der Waals surface area contributed by atoms with Gasteiger partial charge in [0.2, 0.25) is 0 Å². The quantitative estimate of drug-likeness (QED) is 0.736. The Balaban J connectivity index is 1.83. The van der Waals surface area contributed by atoms with Gasteiger partial charge < -0.3 is 5.73 Å². The molecule has 0 aliphatic rings. The number of nitrogens with two attached hydrogens (primary N) is 1. The smallest absolute Gasteiger partial charge is 0.163 e. The molecule has 3 aromatic rings. The van der Waals surface area contributed by atoms with Gasteiger partial charge in [-0.05, 0) is 24.3 Å². The number of halogens is 1. The maximum atomic E-state index is 5.94. The van der Waals surface area contributed by atoms with E-state index in [0.717, 1.165) is 15.5 Å². The Bertz CT molecular complexity index is 753. The molecule has 102 valence electrons. The van der Waals surface area contributed by atoms with Crippen molar-refractivity contribution in [3.8, 4) is 0 Å². The predicted molar refractivity (Wildman–Crippen MR) is 84.4 cm³/mol. The molecule has 20 heavy (non-hydrogen) atoms. The Morgan fingerprint density at radius 3 is 2.75 bits per heavy atom. The molecule has 0 fully saturated rings. The number of aryl methyl sites for hydroxylation is 1. The number of nitrogens with zero attached hydrogens (tertiary/aromatic N) is 4. The molecule has 0 amide bonds. The van der Waals surface area contributed by atoms with E-state index in [2.05, 4.69) is 43.1 Å². The van der Waals surface area contributed by atoms with Crippen molar-refractivity contribution in [2.75, 3.05) is 5.73 Å². The first-order valence-electron chi connectivity index (χ1n) is 5.96. The van der Waals surface area contributed by atoms with E-state index in [9.17, 15) is 0 Å². The van der Waals surface area contributed by atoms with Crippen molar-refractivity contribution in [2.24, 2.45) is 7.05 Å². The van der Waals surface area contributed by atoms with Crippen LogP contribution in [-0.2, 0) is 12.8 Å². The number of nitrogen functional groups attached to an aromatic ring is 1. The molecule has 0 bridgehead atoms. The van der Waals surface area contributed by atoms with Crippen LogP contribution in [0.25, 0.3) is 11.0 Å². The van der Waals surface area contributed by atoms with E-state index in [0.29, 0.717) is 17.4 Å². The molecule has 0 saturated carbocycles. The van der Waals surface area contributed by atoms with Gasteiger partial charge in [-0.15, -0.1) is 11.8 Å². The third-order valence-electron chi connectivity index (χ3n) is 2.85. The van der Waals surface area contributed by atoms with Crippen LogP contribution < -0.4 is 5.73 Å². The molecule has 1 aromatic carbocycles. The lowest BCUT2D eigenvalue weighted by Crippen LogP contribution is -2.01. The summed E-state index contributed by atoms with van der Waals surface area (Å²) in [6.45, 7) is 0. The molecule has 0 saturated heterocycles. The Morgan fingerprint density at radius 2 is 2.00 bits per heavy atom. The van der Waals surface area contributed by atoms with Gasteiger partial charge in [-0.25, -0.2) is 9.97 Å². The Hall–Kier alpha value is -1.60. The van der Waals surface area contributed by atoms with Gasteiger partial charge in [0.15, 0.2) is 5.65 Å². The first-order chi connectivity index (χ1) is 9.63. The minimum atomic E-state index is 0.481. The Morgan fingerprint density at radius 1 is 1.25 bits per heavy atom. The molecular formula is C13H12BrN5S. The zero-order valence-corrected chi connectivity index (χ0v) is 13.1. The maximum Gasteiger partial charge on any atom is 0.163 e. The molecule has 2 heterocycles. The van der Waals surface area contributed by atoms with Gasteiger partial charge in [0.1, 0.15) is 11.6 Å². The summed E-state index contributed by atoms with van der Waals surface area (Å²) in [7, 11) is 1.85. The third-order valence-corrected chi connectivity index (χ3v) is 4.39. The molecule has 7 heteroatoms. The maximum absolute atomic E-state index is 5.94. The van der Waals surface area contributed by atoms with Gasteiger partial charge in [-0.3, -0.25) is 4.68 Å². The SMILES string of the molecule is Cn1ncc2c(N)nc(CSc3ccc(Br)cc3)nc21. The van der Waals surface area contributed by atoms with Crippen molar-refractivity contribution < 1.29 is 0 Å². The van der Waals surface area contributed by atoms with Crippen molar-refractivity contribution in [2.45, 2.75) is 10.6 Å². The van der Waals surface area contributed by atoms with E-state index >= 15 is 0 Å². The molecule has 5 nitrogen and oxygen atoms in total. The van der Waals surface area contributed by atoms with Crippen LogP contribution in [0.5, 0.6) is 0 Å². The highest BCUT2D eigenvalue weighted by Gasteiger charge is 2.09. The van der Waals surface area contributed by atoms with Crippen LogP contribution in [0.4, 0.5) is 5.82 Å². The summed E-state index contributed by atoms with van der Waals surface area (Å²) < 4.78 is 2.78. The highest BCUT2D eigenvalue weighted by atomic mass is 79.9. The van der Waals surface area contributed by atoms with Crippen LogP contribution >= 0.6 is 27.7 Å². The lowest BCUT2D eigenvalue weighted by atomic mass is 10.4. The first kappa shape index (κ1) is 13.4. The fraction of sp³-hybridized carbons (Fsp3) is 0.154. The van der Waals surface area contributed by atoms with Crippen LogP contribution in [0.3, 0.4) is 0 Å². The average Bonchev–Trinajstić information content (AvgIpc) is 2.81. The van der Waals surface area contributed by atoms with Crippen LogP contribution in [0, 0.1) is 0 Å². The average molecular weight is 350 g/mol. The molecule has 0 unspecified atom stereocenters. The third kappa shape index (κ3) is 2.64. The second kappa shape index (κ2) is 5.41. The van der Waals surface area contributed by atoms with Crippen molar-refractivity contribution in [3.05, 3.63) is 40.8 Å². The zero-order valence-electron chi connectivity index (χ0n) is 10.7. The summed E-state index contributed by atoms with van der Waals surface area (Å²) in [5.74, 6) is 1.87. The number of rotatable bonds is 3. The summed E-state index contributed by atoms with van der Waals surface area (Å²) in [6, 6.07) is 8.14. The monoisotopic (exact) mass is 349 g/mol. The number of fused-ring (bicyclic) bond motifs is 1. The summed E-state index contributed by atoms with van der Waals surface area (Å²) in [6.07, 6.45) is 1.69. The minimum Gasteiger partial charge on any atom is -0.383 e. The lowest BCUT2D eigenvalue weighted by molar-refractivity contribution is 0.782. The van der Waals surface area contributed by atoms with Crippen molar-refractivity contribution >= 4 is 44.5 Å². The van der Waals surface area contributed by atoms with Crippen molar-refractivity contribution in [3.63, 3.8) is 0 Å². The molecule has 0 atom stereocenters. The van der Waals surface area contributed by atoms with Gasteiger partial charge in [0, 0.05) is 16.4 Å². The van der Waals surface area contributed by atoms with Crippen LogP contribution in [-0.4, -0.2) is 19.7 Å². The predicted octanol–water partition coefficient (Wildman–Crippen LogP) is 3.00. The van der Waals surface area contributed by atoms with Crippen molar-refractivity contribution in [1.82, 2.24) is 19.7 Å². The largest absolute Gasteiger partial charge is 0.383 e. The lowest BCUT2D eigenvalue weighted by Gasteiger charge is -2.04. The molecule has 2 N–H and O–H groups in total. The molecular weight excluding hydrogens is 338 g/mol. The number of hydrogen-bond donors (Lipinski definition) is 1. The molecule has 2 aromatic heterocycles. The molecule has 0 aliphatic carbocycles. The highest BCUT2D eigenvalue weighted by Crippen LogP contribution is 2.25. The number of thioether (sulfide) groups is 1. The number of hydrogen-bond acceptors (Lipinski definition) is 5. The molecule has 0 radical (unpaired) electrons. The Labute approximate surface area is 128 Å². The van der Waals surface area contributed by atoms with Gasteiger partial charge in [-0.2, -0.15) is 5.10 Å². The van der Waals surface area contributed by atoms with E-state index < -0.39 is 0 Å².